The molecular weight excluding hydrogens is 229 g/mol. The third kappa shape index (κ3) is 3.98. The van der Waals surface area contributed by atoms with Crippen LogP contribution in [0, 0.1) is 18.7 Å². The van der Waals surface area contributed by atoms with Crippen LogP contribution in [0.1, 0.15) is 50.8 Å². The Balaban J connectivity index is 2.83. The molecule has 0 spiro atoms. The first-order valence-corrected chi connectivity index (χ1v) is 6.64. The first-order valence-electron chi connectivity index (χ1n) is 6.64. The van der Waals surface area contributed by atoms with Crippen LogP contribution in [-0.2, 0) is 0 Å². The van der Waals surface area contributed by atoms with Gasteiger partial charge in [-0.05, 0) is 43.9 Å². The average molecular weight is 253 g/mol. The van der Waals surface area contributed by atoms with Gasteiger partial charge in [-0.25, -0.2) is 4.39 Å². The summed E-state index contributed by atoms with van der Waals surface area (Å²) in [6.07, 6.45) is 2.28. The molecule has 0 aliphatic carbocycles. The minimum atomic E-state index is -0.226. The van der Waals surface area contributed by atoms with Crippen LogP contribution >= 0.6 is 0 Å². The molecule has 102 valence electrons. The van der Waals surface area contributed by atoms with Crippen molar-refractivity contribution in [3.05, 3.63) is 29.1 Å². The molecule has 0 saturated carbocycles. The summed E-state index contributed by atoms with van der Waals surface area (Å²) in [5.41, 5.74) is 7.18. The predicted molar refractivity (Wildman–Crippen MR) is 73.3 cm³/mol. The van der Waals surface area contributed by atoms with E-state index in [2.05, 4.69) is 13.8 Å². The fourth-order valence-electron chi connectivity index (χ4n) is 1.96. The summed E-state index contributed by atoms with van der Waals surface area (Å²) >= 11 is 0. The van der Waals surface area contributed by atoms with Crippen LogP contribution < -0.4 is 10.5 Å². The minimum absolute atomic E-state index is 0.225. The Morgan fingerprint density at radius 1 is 1.33 bits per heavy atom. The van der Waals surface area contributed by atoms with Crippen molar-refractivity contribution >= 4 is 0 Å². The molecule has 3 heteroatoms. The van der Waals surface area contributed by atoms with Gasteiger partial charge in [-0.1, -0.05) is 20.3 Å². The largest absolute Gasteiger partial charge is 0.493 e. The number of nitrogens with two attached hydrogens (primary N) is 1. The lowest BCUT2D eigenvalue weighted by molar-refractivity contribution is 0.248. The molecule has 0 heterocycles. The van der Waals surface area contributed by atoms with Gasteiger partial charge in [0.2, 0.25) is 0 Å². The topological polar surface area (TPSA) is 35.2 Å². The van der Waals surface area contributed by atoms with Gasteiger partial charge in [0.05, 0.1) is 6.61 Å². The number of hydrogen-bond donors (Lipinski definition) is 1. The van der Waals surface area contributed by atoms with E-state index in [9.17, 15) is 4.39 Å². The summed E-state index contributed by atoms with van der Waals surface area (Å²) in [6, 6.07) is 3.00. The summed E-state index contributed by atoms with van der Waals surface area (Å²) in [5.74, 6) is 0.990. The summed E-state index contributed by atoms with van der Waals surface area (Å²) < 4.78 is 19.3. The second-order valence-electron chi connectivity index (χ2n) is 5.13. The Hall–Kier alpha value is -1.09. The second-order valence-corrected chi connectivity index (χ2v) is 5.13. The normalized spacial score (nSPS) is 14.3. The molecule has 0 fully saturated rings. The van der Waals surface area contributed by atoms with Gasteiger partial charge in [0.25, 0.3) is 0 Å². The van der Waals surface area contributed by atoms with Crippen LogP contribution in [0.25, 0.3) is 0 Å². The van der Waals surface area contributed by atoms with Crippen molar-refractivity contribution in [2.75, 3.05) is 6.61 Å². The van der Waals surface area contributed by atoms with E-state index < -0.39 is 0 Å². The van der Waals surface area contributed by atoms with E-state index >= 15 is 0 Å². The third-order valence-electron chi connectivity index (χ3n) is 3.09. The van der Waals surface area contributed by atoms with Gasteiger partial charge in [0.15, 0.2) is 0 Å². The summed E-state index contributed by atoms with van der Waals surface area (Å²) in [6.45, 7) is 8.55. The molecule has 1 aromatic carbocycles. The summed E-state index contributed by atoms with van der Waals surface area (Å²) in [7, 11) is 0. The monoisotopic (exact) mass is 253 g/mol. The fourth-order valence-corrected chi connectivity index (χ4v) is 1.96. The van der Waals surface area contributed by atoms with Crippen molar-refractivity contribution in [2.45, 2.75) is 46.6 Å². The molecule has 1 rings (SSSR count). The van der Waals surface area contributed by atoms with Crippen molar-refractivity contribution in [2.24, 2.45) is 11.7 Å². The first kappa shape index (κ1) is 15.0. The van der Waals surface area contributed by atoms with Gasteiger partial charge in [-0.15, -0.1) is 0 Å². The van der Waals surface area contributed by atoms with E-state index in [0.29, 0.717) is 23.8 Å². The molecule has 2 N–H and O–H groups in total. The van der Waals surface area contributed by atoms with Crippen LogP contribution in [-0.4, -0.2) is 6.61 Å². The van der Waals surface area contributed by atoms with E-state index in [4.69, 9.17) is 10.5 Å². The fraction of sp³-hybridized carbons (Fsp3) is 0.600. The molecule has 2 nitrogen and oxygen atoms in total. The SMILES string of the molecule is CCCC(C)COc1cc(C)c(F)cc1C(C)N. The molecule has 1 aromatic rings. The first-order chi connectivity index (χ1) is 8.45. The summed E-state index contributed by atoms with van der Waals surface area (Å²) in [5, 5.41) is 0. The number of aryl methyl sites for hydroxylation is 1. The van der Waals surface area contributed by atoms with Gasteiger partial charge in [0, 0.05) is 11.6 Å². The van der Waals surface area contributed by atoms with Crippen LogP contribution in [0.2, 0.25) is 0 Å². The van der Waals surface area contributed by atoms with E-state index in [1.165, 1.54) is 6.07 Å². The number of rotatable bonds is 6. The Morgan fingerprint density at radius 3 is 2.56 bits per heavy atom. The Bertz CT molecular complexity index is 390. The Morgan fingerprint density at radius 2 is 2.00 bits per heavy atom. The molecule has 0 aromatic heterocycles. The van der Waals surface area contributed by atoms with Gasteiger partial charge >= 0.3 is 0 Å². The highest BCUT2D eigenvalue weighted by atomic mass is 19.1. The van der Waals surface area contributed by atoms with Gasteiger partial charge < -0.3 is 10.5 Å². The molecule has 0 radical (unpaired) electrons. The van der Waals surface area contributed by atoms with Gasteiger partial charge in [-0.3, -0.25) is 0 Å². The highest BCUT2D eigenvalue weighted by molar-refractivity contribution is 5.39. The lowest BCUT2D eigenvalue weighted by atomic mass is 10.0. The lowest BCUT2D eigenvalue weighted by Gasteiger charge is -2.18. The van der Waals surface area contributed by atoms with Crippen molar-refractivity contribution in [1.82, 2.24) is 0 Å². The zero-order chi connectivity index (χ0) is 13.7. The maximum atomic E-state index is 13.5. The molecule has 0 aliphatic heterocycles. The van der Waals surface area contributed by atoms with Crippen molar-refractivity contribution in [1.29, 1.82) is 0 Å². The quantitative estimate of drug-likeness (QED) is 0.832. The second kappa shape index (κ2) is 6.74. The Kier molecular flexibility index (Phi) is 5.60. The lowest BCUT2D eigenvalue weighted by Crippen LogP contribution is -2.13. The molecule has 0 amide bonds. The zero-order valence-electron chi connectivity index (χ0n) is 11.8. The van der Waals surface area contributed by atoms with Crippen LogP contribution in [0.5, 0.6) is 5.75 Å². The average Bonchev–Trinajstić information content (AvgIpc) is 2.30. The number of ether oxygens (including phenoxy) is 1. The maximum absolute atomic E-state index is 13.5. The van der Waals surface area contributed by atoms with E-state index in [1.54, 1.807) is 13.0 Å². The molecule has 0 saturated heterocycles. The smallest absolute Gasteiger partial charge is 0.126 e. The molecule has 0 bridgehead atoms. The van der Waals surface area contributed by atoms with Crippen molar-refractivity contribution in [3.8, 4) is 5.75 Å². The van der Waals surface area contributed by atoms with Crippen LogP contribution in [0.3, 0.4) is 0 Å². The van der Waals surface area contributed by atoms with Crippen molar-refractivity contribution in [3.63, 3.8) is 0 Å². The molecule has 0 aliphatic rings. The highest BCUT2D eigenvalue weighted by Crippen LogP contribution is 2.27. The third-order valence-corrected chi connectivity index (χ3v) is 3.09. The summed E-state index contributed by atoms with van der Waals surface area (Å²) in [4.78, 5) is 0. The van der Waals surface area contributed by atoms with E-state index in [-0.39, 0.29) is 11.9 Å². The number of hydrogen-bond acceptors (Lipinski definition) is 2. The highest BCUT2D eigenvalue weighted by Gasteiger charge is 2.13. The zero-order valence-corrected chi connectivity index (χ0v) is 11.8. The number of benzene rings is 1. The van der Waals surface area contributed by atoms with Crippen molar-refractivity contribution < 1.29 is 9.13 Å². The van der Waals surface area contributed by atoms with Crippen LogP contribution in [0.4, 0.5) is 4.39 Å². The maximum Gasteiger partial charge on any atom is 0.126 e. The van der Waals surface area contributed by atoms with Crippen LogP contribution in [0.15, 0.2) is 12.1 Å². The molecule has 2 unspecified atom stereocenters. The molecule has 18 heavy (non-hydrogen) atoms. The Labute approximate surface area is 109 Å². The molecule has 2 atom stereocenters. The van der Waals surface area contributed by atoms with Gasteiger partial charge in [-0.2, -0.15) is 0 Å². The van der Waals surface area contributed by atoms with E-state index in [1.807, 2.05) is 6.92 Å². The van der Waals surface area contributed by atoms with Gasteiger partial charge in [0.1, 0.15) is 11.6 Å². The molecular formula is C15H24FNO. The van der Waals surface area contributed by atoms with E-state index in [0.717, 1.165) is 18.4 Å². The standard InChI is InChI=1S/C15H24FNO/c1-5-6-10(2)9-18-15-7-11(3)14(16)8-13(15)12(4)17/h7-8,10,12H,5-6,9,17H2,1-4H3. The minimum Gasteiger partial charge on any atom is -0.493 e. The predicted octanol–water partition coefficient (Wildman–Crippen LogP) is 3.97. The number of halogens is 1.